The fraction of sp³-hybridized carbons (Fsp3) is 0.706. The van der Waals surface area contributed by atoms with Crippen LogP contribution in [0, 0.1) is 0 Å². The number of aliphatic imine (C=N–C) groups is 1. The molecule has 26 heavy (non-hydrogen) atoms. The molecule has 0 saturated carbocycles. The number of ether oxygens (including phenoxy) is 1. The predicted molar refractivity (Wildman–Crippen MR) is 113 cm³/mol. The van der Waals surface area contributed by atoms with Crippen molar-refractivity contribution in [3.63, 3.8) is 0 Å². The molecule has 0 bridgehead atoms. The van der Waals surface area contributed by atoms with Crippen molar-refractivity contribution in [2.24, 2.45) is 12.0 Å². The van der Waals surface area contributed by atoms with Crippen LogP contribution in [0.25, 0.3) is 0 Å². The van der Waals surface area contributed by atoms with Gasteiger partial charge in [-0.25, -0.2) is 0 Å². The summed E-state index contributed by atoms with van der Waals surface area (Å²) in [6.45, 7) is 6.75. The zero-order valence-corrected chi connectivity index (χ0v) is 18.4. The van der Waals surface area contributed by atoms with Gasteiger partial charge in [-0.1, -0.05) is 6.92 Å². The van der Waals surface area contributed by atoms with Gasteiger partial charge in [0.2, 0.25) is 5.91 Å². The molecule has 2 atom stereocenters. The van der Waals surface area contributed by atoms with Crippen LogP contribution in [0.1, 0.15) is 38.4 Å². The number of aryl methyl sites for hydroxylation is 1. The summed E-state index contributed by atoms with van der Waals surface area (Å²) in [7, 11) is 3.66. The number of hydrogen-bond donors (Lipinski definition) is 2. The fourth-order valence-electron chi connectivity index (χ4n) is 2.72. The molecule has 0 aliphatic carbocycles. The number of aromatic nitrogens is 2. The molecule has 1 fully saturated rings. The third-order valence-electron chi connectivity index (χ3n) is 4.33. The Morgan fingerprint density at radius 2 is 2.31 bits per heavy atom. The van der Waals surface area contributed by atoms with Gasteiger partial charge in [-0.05, 0) is 13.3 Å². The van der Waals surface area contributed by atoms with Gasteiger partial charge in [-0.2, -0.15) is 5.10 Å². The van der Waals surface area contributed by atoms with E-state index in [9.17, 15) is 4.79 Å². The number of halogens is 1. The molecule has 1 saturated heterocycles. The Morgan fingerprint density at radius 1 is 1.54 bits per heavy atom. The SMILES string of the molecule is CCC(C)NC(=O)CCNC(=NC)N1CCOC(c2cnn(C)c2)C1.I. The highest BCUT2D eigenvalue weighted by Gasteiger charge is 2.25. The van der Waals surface area contributed by atoms with Gasteiger partial charge in [0.05, 0.1) is 19.3 Å². The molecule has 1 aromatic rings. The van der Waals surface area contributed by atoms with Crippen LogP contribution in [-0.4, -0.2) is 65.9 Å². The molecule has 1 aromatic heterocycles. The zero-order chi connectivity index (χ0) is 18.2. The van der Waals surface area contributed by atoms with E-state index in [1.54, 1.807) is 11.7 Å². The van der Waals surface area contributed by atoms with E-state index in [0.717, 1.165) is 24.5 Å². The van der Waals surface area contributed by atoms with Gasteiger partial charge < -0.3 is 20.3 Å². The third-order valence-corrected chi connectivity index (χ3v) is 4.33. The number of guanidine groups is 1. The first kappa shape index (κ1) is 22.7. The molecule has 0 spiro atoms. The molecule has 1 amide bonds. The number of carbonyl (C=O) groups excluding carboxylic acids is 1. The third kappa shape index (κ3) is 6.75. The summed E-state index contributed by atoms with van der Waals surface area (Å²) in [6.07, 6.45) is 5.16. The first-order valence-electron chi connectivity index (χ1n) is 8.88. The maximum atomic E-state index is 11.9. The second kappa shape index (κ2) is 11.4. The van der Waals surface area contributed by atoms with Crippen molar-refractivity contribution in [3.8, 4) is 0 Å². The molecule has 9 heteroatoms. The maximum Gasteiger partial charge on any atom is 0.221 e. The molecule has 148 valence electrons. The smallest absolute Gasteiger partial charge is 0.221 e. The van der Waals surface area contributed by atoms with Gasteiger partial charge in [0.1, 0.15) is 6.10 Å². The number of nitrogens with one attached hydrogen (secondary N) is 2. The molecule has 2 N–H and O–H groups in total. The number of rotatable bonds is 6. The number of hydrogen-bond acceptors (Lipinski definition) is 4. The number of amides is 1. The molecule has 8 nitrogen and oxygen atoms in total. The Morgan fingerprint density at radius 3 is 2.92 bits per heavy atom. The van der Waals surface area contributed by atoms with E-state index >= 15 is 0 Å². The van der Waals surface area contributed by atoms with Crippen molar-refractivity contribution in [1.29, 1.82) is 0 Å². The quantitative estimate of drug-likeness (QED) is 0.366. The molecule has 0 aromatic carbocycles. The average molecular weight is 478 g/mol. The van der Waals surface area contributed by atoms with Crippen molar-refractivity contribution >= 4 is 35.8 Å². The highest BCUT2D eigenvalue weighted by atomic mass is 127. The van der Waals surface area contributed by atoms with Crippen molar-refractivity contribution in [2.45, 2.75) is 38.8 Å². The minimum Gasteiger partial charge on any atom is -0.370 e. The van der Waals surface area contributed by atoms with E-state index in [2.05, 4.69) is 32.5 Å². The molecule has 2 rings (SSSR count). The largest absolute Gasteiger partial charge is 0.370 e. The molecule has 1 aliphatic heterocycles. The monoisotopic (exact) mass is 478 g/mol. The Hall–Kier alpha value is -1.36. The van der Waals surface area contributed by atoms with Crippen molar-refractivity contribution < 1.29 is 9.53 Å². The summed E-state index contributed by atoms with van der Waals surface area (Å²) in [6, 6.07) is 0.214. The van der Waals surface area contributed by atoms with Crippen LogP contribution in [0.2, 0.25) is 0 Å². The van der Waals surface area contributed by atoms with Crippen LogP contribution < -0.4 is 10.6 Å². The average Bonchev–Trinajstić information content (AvgIpc) is 3.05. The Labute approximate surface area is 172 Å². The standard InChI is InChI=1S/C17H30N6O2.HI/c1-5-13(2)21-16(24)6-7-19-17(18-3)23-8-9-25-15(12-23)14-10-20-22(4)11-14;/h10-11,13,15H,5-9,12H2,1-4H3,(H,18,19)(H,21,24);1H. The van der Waals surface area contributed by atoms with E-state index in [4.69, 9.17) is 4.74 Å². The van der Waals surface area contributed by atoms with E-state index < -0.39 is 0 Å². The fourth-order valence-corrected chi connectivity index (χ4v) is 2.72. The van der Waals surface area contributed by atoms with Gasteiger partial charge in [-0.3, -0.25) is 14.5 Å². The molecule has 0 radical (unpaired) electrons. The van der Waals surface area contributed by atoms with E-state index in [1.165, 1.54) is 0 Å². The van der Waals surface area contributed by atoms with Gasteiger partial charge in [0.25, 0.3) is 0 Å². The zero-order valence-electron chi connectivity index (χ0n) is 16.1. The van der Waals surface area contributed by atoms with Crippen LogP contribution in [0.4, 0.5) is 0 Å². The van der Waals surface area contributed by atoms with Gasteiger partial charge in [0, 0.05) is 51.4 Å². The van der Waals surface area contributed by atoms with Crippen molar-refractivity contribution in [2.75, 3.05) is 33.3 Å². The van der Waals surface area contributed by atoms with E-state index in [-0.39, 0.29) is 42.0 Å². The van der Waals surface area contributed by atoms with Crippen LogP contribution in [-0.2, 0) is 16.6 Å². The first-order valence-corrected chi connectivity index (χ1v) is 8.88. The summed E-state index contributed by atoms with van der Waals surface area (Å²) in [4.78, 5) is 18.4. The molecule has 2 unspecified atom stereocenters. The normalized spacial score (nSPS) is 18.8. The summed E-state index contributed by atoms with van der Waals surface area (Å²) < 4.78 is 7.64. The van der Waals surface area contributed by atoms with Crippen molar-refractivity contribution in [1.82, 2.24) is 25.3 Å². The predicted octanol–water partition coefficient (Wildman–Crippen LogP) is 1.29. The van der Waals surface area contributed by atoms with Crippen molar-refractivity contribution in [3.05, 3.63) is 18.0 Å². The lowest BCUT2D eigenvalue weighted by Crippen LogP contribution is -2.48. The lowest BCUT2D eigenvalue weighted by Gasteiger charge is -2.34. The van der Waals surface area contributed by atoms with Gasteiger partial charge in [-0.15, -0.1) is 24.0 Å². The number of carbonyl (C=O) groups is 1. The van der Waals surface area contributed by atoms with Gasteiger partial charge in [0.15, 0.2) is 5.96 Å². The second-order valence-electron chi connectivity index (χ2n) is 6.35. The number of morpholine rings is 1. The Kier molecular flexibility index (Phi) is 9.92. The van der Waals surface area contributed by atoms with E-state index in [0.29, 0.717) is 26.1 Å². The van der Waals surface area contributed by atoms with Crippen LogP contribution in [0.3, 0.4) is 0 Å². The number of nitrogens with zero attached hydrogens (tertiary/aromatic N) is 4. The first-order chi connectivity index (χ1) is 12.0. The molecular formula is C17H31IN6O2. The summed E-state index contributed by atoms with van der Waals surface area (Å²) >= 11 is 0. The minimum atomic E-state index is -0.0188. The lowest BCUT2D eigenvalue weighted by atomic mass is 10.1. The topological polar surface area (TPSA) is 83.8 Å². The van der Waals surface area contributed by atoms with Crippen LogP contribution >= 0.6 is 24.0 Å². The summed E-state index contributed by atoms with van der Waals surface area (Å²) in [5.74, 6) is 0.862. The van der Waals surface area contributed by atoms with Crippen LogP contribution in [0.15, 0.2) is 17.4 Å². The van der Waals surface area contributed by atoms with E-state index in [1.807, 2.05) is 26.4 Å². The maximum absolute atomic E-state index is 11.9. The molecular weight excluding hydrogens is 447 g/mol. The lowest BCUT2D eigenvalue weighted by molar-refractivity contribution is -0.121. The highest BCUT2D eigenvalue weighted by molar-refractivity contribution is 14.0. The highest BCUT2D eigenvalue weighted by Crippen LogP contribution is 2.21. The second-order valence-corrected chi connectivity index (χ2v) is 6.35. The molecule has 1 aliphatic rings. The minimum absolute atomic E-state index is 0. The molecule has 2 heterocycles. The Balaban J connectivity index is 0.00000338. The summed E-state index contributed by atoms with van der Waals surface area (Å²) in [5.41, 5.74) is 1.07. The van der Waals surface area contributed by atoms with Crippen LogP contribution in [0.5, 0.6) is 0 Å². The van der Waals surface area contributed by atoms with Gasteiger partial charge >= 0.3 is 0 Å². The Bertz CT molecular complexity index is 592. The summed E-state index contributed by atoms with van der Waals surface area (Å²) in [5, 5.41) is 10.5.